The minimum atomic E-state index is 0.125. The van der Waals surface area contributed by atoms with Gasteiger partial charge in [-0.3, -0.25) is 4.79 Å². The third-order valence-corrected chi connectivity index (χ3v) is 3.20. The lowest BCUT2D eigenvalue weighted by molar-refractivity contribution is 0.101. The summed E-state index contributed by atoms with van der Waals surface area (Å²) in [6.07, 6.45) is 0. The average Bonchev–Trinajstić information content (AvgIpc) is 2.40. The molecule has 0 radical (unpaired) electrons. The van der Waals surface area contributed by atoms with Crippen LogP contribution in [0.15, 0.2) is 48.5 Å². The van der Waals surface area contributed by atoms with Gasteiger partial charge >= 0.3 is 0 Å². The fourth-order valence-electron chi connectivity index (χ4n) is 1.74. The topological polar surface area (TPSA) is 17.1 Å². The first-order valence-electron chi connectivity index (χ1n) is 7.04. The molecule has 0 saturated heterocycles. The highest BCUT2D eigenvalue weighted by molar-refractivity contribution is 5.93. The molecule has 0 atom stereocenters. The second kappa shape index (κ2) is 7.64. The largest absolute Gasteiger partial charge is 0.295 e. The summed E-state index contributed by atoms with van der Waals surface area (Å²) >= 11 is 0. The Morgan fingerprint density at radius 1 is 0.800 bits per heavy atom. The van der Waals surface area contributed by atoms with Crippen molar-refractivity contribution in [2.75, 3.05) is 0 Å². The number of benzene rings is 2. The molecule has 1 nitrogen and oxygen atoms in total. The zero-order valence-electron chi connectivity index (χ0n) is 13.1. The summed E-state index contributed by atoms with van der Waals surface area (Å²) in [5.74, 6) is 0.778. The van der Waals surface area contributed by atoms with E-state index >= 15 is 0 Å². The minimum absolute atomic E-state index is 0.125. The summed E-state index contributed by atoms with van der Waals surface area (Å²) in [5, 5.41) is 0. The van der Waals surface area contributed by atoms with E-state index in [-0.39, 0.29) is 5.78 Å². The number of ketones is 1. The molecule has 0 unspecified atom stereocenters. The number of carbonyl (C=O) groups is 1. The third-order valence-electron chi connectivity index (χ3n) is 3.20. The van der Waals surface area contributed by atoms with Crippen LogP contribution in [0.1, 0.15) is 53.7 Å². The maximum absolute atomic E-state index is 10.8. The number of rotatable bonds is 2. The van der Waals surface area contributed by atoms with Gasteiger partial charge in [0.1, 0.15) is 0 Å². The average molecular weight is 268 g/mol. The van der Waals surface area contributed by atoms with E-state index in [1.165, 1.54) is 16.7 Å². The Morgan fingerprint density at radius 3 is 1.55 bits per heavy atom. The molecule has 1 heteroatoms. The van der Waals surface area contributed by atoms with Crippen molar-refractivity contribution in [3.05, 3.63) is 70.8 Å². The Balaban J connectivity index is 0.000000200. The van der Waals surface area contributed by atoms with Crippen LogP contribution in [0.5, 0.6) is 0 Å². The van der Waals surface area contributed by atoms with Gasteiger partial charge in [0.15, 0.2) is 5.78 Å². The lowest BCUT2D eigenvalue weighted by atomic mass is 10.0. The van der Waals surface area contributed by atoms with Crippen molar-refractivity contribution in [1.29, 1.82) is 0 Å². The van der Waals surface area contributed by atoms with Crippen molar-refractivity contribution in [2.24, 2.45) is 0 Å². The predicted molar refractivity (Wildman–Crippen MR) is 86.5 cm³/mol. The summed E-state index contributed by atoms with van der Waals surface area (Å²) in [6, 6.07) is 16.3. The summed E-state index contributed by atoms with van der Waals surface area (Å²) in [5.41, 5.74) is 4.73. The van der Waals surface area contributed by atoms with Gasteiger partial charge in [0.25, 0.3) is 0 Å². The Labute approximate surface area is 122 Å². The van der Waals surface area contributed by atoms with Crippen molar-refractivity contribution in [1.82, 2.24) is 0 Å². The Bertz CT molecular complexity index is 533. The Kier molecular flexibility index (Phi) is 6.17. The monoisotopic (exact) mass is 268 g/mol. The molecule has 20 heavy (non-hydrogen) atoms. The first kappa shape index (κ1) is 16.2. The van der Waals surface area contributed by atoms with Gasteiger partial charge in [-0.1, -0.05) is 73.5 Å². The van der Waals surface area contributed by atoms with E-state index < -0.39 is 0 Å². The molecule has 106 valence electrons. The van der Waals surface area contributed by atoms with E-state index in [4.69, 9.17) is 0 Å². The van der Waals surface area contributed by atoms with E-state index in [2.05, 4.69) is 45.0 Å². The summed E-state index contributed by atoms with van der Waals surface area (Å²) < 4.78 is 0. The van der Waals surface area contributed by atoms with Gasteiger partial charge in [-0.2, -0.15) is 0 Å². The molecular weight excluding hydrogens is 244 g/mol. The van der Waals surface area contributed by atoms with E-state index in [0.29, 0.717) is 5.92 Å². The van der Waals surface area contributed by atoms with Gasteiger partial charge in [-0.15, -0.1) is 0 Å². The summed E-state index contributed by atoms with van der Waals surface area (Å²) in [6.45, 7) is 10.1. The molecule has 0 spiro atoms. The van der Waals surface area contributed by atoms with Crippen LogP contribution in [0.3, 0.4) is 0 Å². The molecule has 0 N–H and O–H groups in total. The van der Waals surface area contributed by atoms with Crippen LogP contribution in [-0.4, -0.2) is 5.78 Å². The van der Waals surface area contributed by atoms with Crippen molar-refractivity contribution in [3.8, 4) is 0 Å². The van der Waals surface area contributed by atoms with Crippen LogP contribution in [0.2, 0.25) is 0 Å². The molecular formula is C19H24O. The number of hydrogen-bond donors (Lipinski definition) is 0. The molecule has 0 aliphatic rings. The van der Waals surface area contributed by atoms with Crippen molar-refractivity contribution < 1.29 is 4.79 Å². The first-order valence-corrected chi connectivity index (χ1v) is 7.04. The fourth-order valence-corrected chi connectivity index (χ4v) is 1.74. The molecule has 0 amide bonds. The molecule has 2 rings (SSSR count). The number of carbonyl (C=O) groups excluding carboxylic acids is 1. The Morgan fingerprint density at radius 2 is 1.20 bits per heavy atom. The van der Waals surface area contributed by atoms with Crippen LogP contribution in [0.4, 0.5) is 0 Å². The van der Waals surface area contributed by atoms with E-state index in [1.54, 1.807) is 6.92 Å². The number of Topliss-reactive ketones (excluding diaryl/α,β-unsaturated/α-hetero) is 1. The Hall–Kier alpha value is -1.89. The van der Waals surface area contributed by atoms with Crippen molar-refractivity contribution in [3.63, 3.8) is 0 Å². The molecule has 2 aromatic rings. The van der Waals surface area contributed by atoms with Crippen molar-refractivity contribution >= 4 is 5.78 Å². The van der Waals surface area contributed by atoms with Crippen LogP contribution in [-0.2, 0) is 0 Å². The standard InChI is InChI=1S/C10H14.C9H10O/c1-8(2)10-6-4-9(3)5-7-10;1-7-3-5-9(6-4-7)8(2)10/h4-8H,1-3H3;3-6H,1-2H3. The summed E-state index contributed by atoms with van der Waals surface area (Å²) in [4.78, 5) is 10.8. The quantitative estimate of drug-likeness (QED) is 0.674. The second-order valence-corrected chi connectivity index (χ2v) is 5.49. The van der Waals surface area contributed by atoms with E-state index in [0.717, 1.165) is 5.56 Å². The maximum Gasteiger partial charge on any atom is 0.159 e. The molecule has 2 aromatic carbocycles. The molecule has 0 aromatic heterocycles. The zero-order valence-corrected chi connectivity index (χ0v) is 13.1. The molecule has 0 bridgehead atoms. The van der Waals surface area contributed by atoms with Gasteiger partial charge < -0.3 is 0 Å². The smallest absolute Gasteiger partial charge is 0.159 e. The van der Waals surface area contributed by atoms with Crippen LogP contribution < -0.4 is 0 Å². The van der Waals surface area contributed by atoms with Crippen molar-refractivity contribution in [2.45, 2.75) is 40.5 Å². The highest BCUT2D eigenvalue weighted by Gasteiger charge is 1.96. The molecule has 0 heterocycles. The fraction of sp³-hybridized carbons (Fsp3) is 0.316. The minimum Gasteiger partial charge on any atom is -0.295 e. The third kappa shape index (κ3) is 5.40. The molecule has 0 saturated carbocycles. The second-order valence-electron chi connectivity index (χ2n) is 5.49. The van der Waals surface area contributed by atoms with Gasteiger partial charge in [0.05, 0.1) is 0 Å². The zero-order chi connectivity index (χ0) is 15.1. The lowest BCUT2D eigenvalue weighted by Gasteiger charge is -2.03. The molecule has 0 fully saturated rings. The van der Waals surface area contributed by atoms with Gasteiger partial charge in [-0.05, 0) is 32.3 Å². The first-order chi connectivity index (χ1) is 9.40. The number of aryl methyl sites for hydroxylation is 2. The van der Waals surface area contributed by atoms with E-state index in [9.17, 15) is 4.79 Å². The highest BCUT2D eigenvalue weighted by atomic mass is 16.1. The molecule has 0 aliphatic carbocycles. The number of hydrogen-bond acceptors (Lipinski definition) is 1. The van der Waals surface area contributed by atoms with Crippen LogP contribution in [0, 0.1) is 13.8 Å². The van der Waals surface area contributed by atoms with Gasteiger partial charge in [0, 0.05) is 5.56 Å². The van der Waals surface area contributed by atoms with E-state index in [1.807, 2.05) is 31.2 Å². The molecule has 0 aliphatic heterocycles. The lowest BCUT2D eigenvalue weighted by Crippen LogP contribution is -1.90. The predicted octanol–water partition coefficient (Wildman–Crippen LogP) is 5.32. The van der Waals surface area contributed by atoms with Crippen LogP contribution >= 0.6 is 0 Å². The normalized spacial score (nSPS) is 9.90. The summed E-state index contributed by atoms with van der Waals surface area (Å²) in [7, 11) is 0. The maximum atomic E-state index is 10.8. The SMILES string of the molecule is CC(=O)c1ccc(C)cc1.Cc1ccc(C(C)C)cc1. The van der Waals surface area contributed by atoms with Crippen LogP contribution in [0.25, 0.3) is 0 Å². The van der Waals surface area contributed by atoms with Gasteiger partial charge in [0.2, 0.25) is 0 Å². The van der Waals surface area contributed by atoms with Gasteiger partial charge in [-0.25, -0.2) is 0 Å². The highest BCUT2D eigenvalue weighted by Crippen LogP contribution is 2.13.